The molecule has 2 aromatic carbocycles. The zero-order valence-corrected chi connectivity index (χ0v) is 14.2. The van der Waals surface area contributed by atoms with E-state index in [1.165, 1.54) is 25.1 Å². The molecule has 0 saturated carbocycles. The normalized spacial score (nSPS) is 10.5. The molecule has 0 saturated heterocycles. The molecule has 0 aliphatic rings. The quantitative estimate of drug-likeness (QED) is 0.557. The van der Waals surface area contributed by atoms with E-state index in [9.17, 15) is 14.9 Å². The molecule has 1 N–H and O–H groups in total. The van der Waals surface area contributed by atoms with Gasteiger partial charge in [0.2, 0.25) is 11.7 Å². The molecule has 0 aliphatic heterocycles. The van der Waals surface area contributed by atoms with Crippen LogP contribution in [0.5, 0.6) is 0 Å². The van der Waals surface area contributed by atoms with Crippen LogP contribution >= 0.6 is 0 Å². The topological polar surface area (TPSA) is 111 Å². The number of nitrogens with one attached hydrogen (secondary N) is 1. The highest BCUT2D eigenvalue weighted by molar-refractivity contribution is 5.96. The fourth-order valence-electron chi connectivity index (χ4n) is 2.55. The van der Waals surface area contributed by atoms with Crippen LogP contribution in [0.2, 0.25) is 0 Å². The van der Waals surface area contributed by atoms with Crippen molar-refractivity contribution in [2.45, 2.75) is 20.4 Å². The van der Waals surface area contributed by atoms with E-state index in [1.54, 1.807) is 0 Å². The van der Waals surface area contributed by atoms with Crippen LogP contribution in [0.15, 0.2) is 47.0 Å². The fourth-order valence-corrected chi connectivity index (χ4v) is 2.55. The summed E-state index contributed by atoms with van der Waals surface area (Å²) < 4.78 is 5.15. The first-order chi connectivity index (χ1) is 12.5. The third-order valence-electron chi connectivity index (χ3n) is 3.89. The molecule has 26 heavy (non-hydrogen) atoms. The Morgan fingerprint density at radius 3 is 2.73 bits per heavy atom. The van der Waals surface area contributed by atoms with E-state index in [2.05, 4.69) is 15.5 Å². The number of hydrogen-bond donors (Lipinski definition) is 1. The second kappa shape index (κ2) is 7.14. The predicted octanol–water partition coefficient (Wildman–Crippen LogP) is 3.19. The molecular weight excluding hydrogens is 336 g/mol. The lowest BCUT2D eigenvalue weighted by atomic mass is 10.1. The Hall–Kier alpha value is -3.55. The van der Waals surface area contributed by atoms with E-state index in [-0.39, 0.29) is 23.7 Å². The van der Waals surface area contributed by atoms with Crippen LogP contribution < -0.4 is 5.32 Å². The molecule has 1 aromatic heterocycles. The van der Waals surface area contributed by atoms with Crippen LogP contribution in [0.1, 0.15) is 27.4 Å². The maximum Gasteiger partial charge on any atom is 0.273 e. The Bertz CT molecular complexity index is 981. The van der Waals surface area contributed by atoms with Gasteiger partial charge in [-0.2, -0.15) is 4.98 Å². The van der Waals surface area contributed by atoms with Crippen LogP contribution in [0, 0.1) is 24.0 Å². The van der Waals surface area contributed by atoms with Gasteiger partial charge in [0.25, 0.3) is 11.6 Å². The average Bonchev–Trinajstić information content (AvgIpc) is 3.08. The molecule has 0 fully saturated rings. The van der Waals surface area contributed by atoms with Crippen LogP contribution in [-0.4, -0.2) is 21.0 Å². The van der Waals surface area contributed by atoms with Gasteiger partial charge in [0.15, 0.2) is 0 Å². The number of nitro groups is 1. The molecule has 0 atom stereocenters. The molecule has 3 rings (SSSR count). The highest BCUT2D eigenvalue weighted by Crippen LogP contribution is 2.21. The Morgan fingerprint density at radius 2 is 2.00 bits per heavy atom. The predicted molar refractivity (Wildman–Crippen MR) is 93.5 cm³/mol. The lowest BCUT2D eigenvalue weighted by molar-refractivity contribution is -0.385. The molecule has 8 nitrogen and oxygen atoms in total. The summed E-state index contributed by atoms with van der Waals surface area (Å²) in [6, 6.07) is 12.0. The number of hydrogen-bond acceptors (Lipinski definition) is 6. The van der Waals surface area contributed by atoms with Gasteiger partial charge in [0.1, 0.15) is 0 Å². The first-order valence-electron chi connectivity index (χ1n) is 7.87. The average molecular weight is 352 g/mol. The summed E-state index contributed by atoms with van der Waals surface area (Å²) in [6.07, 6.45) is 0. The molecule has 1 heterocycles. The van der Waals surface area contributed by atoms with Gasteiger partial charge in [0, 0.05) is 22.8 Å². The van der Waals surface area contributed by atoms with Gasteiger partial charge >= 0.3 is 0 Å². The van der Waals surface area contributed by atoms with E-state index in [0.717, 1.165) is 11.1 Å². The van der Waals surface area contributed by atoms with Crippen molar-refractivity contribution in [1.82, 2.24) is 15.5 Å². The standard InChI is InChI=1S/C18H16N4O4/c1-11-5-3-6-13(9-11)17-20-16(26-21-17)10-19-18(23)14-7-4-8-15(12(14)2)22(24)25/h3-9H,10H2,1-2H3,(H,19,23). The minimum absolute atomic E-state index is 0.0276. The maximum absolute atomic E-state index is 12.3. The molecule has 8 heteroatoms. The van der Waals surface area contributed by atoms with Crippen molar-refractivity contribution in [3.63, 3.8) is 0 Å². The molecular formula is C18H16N4O4. The number of nitro benzene ring substituents is 1. The summed E-state index contributed by atoms with van der Waals surface area (Å²) in [6.45, 7) is 3.53. The number of aryl methyl sites for hydroxylation is 1. The van der Waals surface area contributed by atoms with Gasteiger partial charge in [-0.15, -0.1) is 0 Å². The SMILES string of the molecule is Cc1cccc(-c2noc(CNC(=O)c3cccc([N+](=O)[O-])c3C)n2)c1. The largest absolute Gasteiger partial charge is 0.343 e. The molecule has 0 aliphatic carbocycles. The maximum atomic E-state index is 12.3. The summed E-state index contributed by atoms with van der Waals surface area (Å²) in [5.74, 6) is 0.240. The van der Waals surface area contributed by atoms with Crippen LogP contribution in [0.4, 0.5) is 5.69 Å². The summed E-state index contributed by atoms with van der Waals surface area (Å²) in [5, 5.41) is 17.5. The first kappa shape index (κ1) is 17.3. The lowest BCUT2D eigenvalue weighted by Crippen LogP contribution is -2.24. The number of carbonyl (C=O) groups is 1. The summed E-state index contributed by atoms with van der Waals surface area (Å²) in [4.78, 5) is 27.0. The third-order valence-corrected chi connectivity index (χ3v) is 3.89. The van der Waals surface area contributed by atoms with E-state index >= 15 is 0 Å². The van der Waals surface area contributed by atoms with Crippen LogP contribution in [0.3, 0.4) is 0 Å². The molecule has 0 spiro atoms. The number of rotatable bonds is 5. The van der Waals surface area contributed by atoms with Gasteiger partial charge in [-0.05, 0) is 26.0 Å². The minimum Gasteiger partial charge on any atom is -0.343 e. The summed E-state index contributed by atoms with van der Waals surface area (Å²) in [7, 11) is 0. The van der Waals surface area contributed by atoms with Gasteiger partial charge in [-0.1, -0.05) is 35.0 Å². The van der Waals surface area contributed by atoms with Crippen molar-refractivity contribution >= 4 is 11.6 Å². The number of nitrogens with zero attached hydrogens (tertiary/aromatic N) is 3. The highest BCUT2D eigenvalue weighted by Gasteiger charge is 2.18. The first-order valence-corrected chi connectivity index (χ1v) is 7.87. The van der Waals surface area contributed by atoms with E-state index < -0.39 is 10.8 Å². The number of amides is 1. The van der Waals surface area contributed by atoms with E-state index in [0.29, 0.717) is 11.4 Å². The monoisotopic (exact) mass is 352 g/mol. The van der Waals surface area contributed by atoms with Gasteiger partial charge in [-0.3, -0.25) is 14.9 Å². The van der Waals surface area contributed by atoms with Crippen LogP contribution in [0.25, 0.3) is 11.4 Å². The molecule has 0 radical (unpaired) electrons. The van der Waals surface area contributed by atoms with Crippen molar-refractivity contribution in [2.75, 3.05) is 0 Å². The highest BCUT2D eigenvalue weighted by atomic mass is 16.6. The molecule has 132 valence electrons. The Morgan fingerprint density at radius 1 is 1.23 bits per heavy atom. The van der Waals surface area contributed by atoms with Crippen molar-refractivity contribution in [3.05, 3.63) is 75.2 Å². The third kappa shape index (κ3) is 3.59. The Labute approximate surface area is 149 Å². The summed E-state index contributed by atoms with van der Waals surface area (Å²) in [5.41, 5.74) is 2.33. The number of benzene rings is 2. The molecule has 3 aromatic rings. The van der Waals surface area contributed by atoms with Crippen LogP contribution in [-0.2, 0) is 6.54 Å². The minimum atomic E-state index is -0.516. The lowest BCUT2D eigenvalue weighted by Gasteiger charge is -2.06. The van der Waals surface area contributed by atoms with Crippen molar-refractivity contribution in [3.8, 4) is 11.4 Å². The number of aromatic nitrogens is 2. The van der Waals surface area contributed by atoms with Crippen molar-refractivity contribution in [2.24, 2.45) is 0 Å². The second-order valence-corrected chi connectivity index (χ2v) is 5.77. The fraction of sp³-hybridized carbons (Fsp3) is 0.167. The molecule has 0 unspecified atom stereocenters. The van der Waals surface area contributed by atoms with Gasteiger partial charge in [-0.25, -0.2) is 0 Å². The second-order valence-electron chi connectivity index (χ2n) is 5.77. The summed E-state index contributed by atoms with van der Waals surface area (Å²) >= 11 is 0. The molecule has 0 bridgehead atoms. The zero-order chi connectivity index (χ0) is 18.7. The Kier molecular flexibility index (Phi) is 4.74. The van der Waals surface area contributed by atoms with Crippen molar-refractivity contribution in [1.29, 1.82) is 0 Å². The van der Waals surface area contributed by atoms with E-state index in [1.807, 2.05) is 31.2 Å². The smallest absolute Gasteiger partial charge is 0.273 e. The Balaban J connectivity index is 1.71. The number of carbonyl (C=O) groups excluding carboxylic acids is 1. The van der Waals surface area contributed by atoms with E-state index in [4.69, 9.17) is 4.52 Å². The van der Waals surface area contributed by atoms with Gasteiger partial charge in [0.05, 0.1) is 11.5 Å². The van der Waals surface area contributed by atoms with Gasteiger partial charge < -0.3 is 9.84 Å². The zero-order valence-electron chi connectivity index (χ0n) is 14.2. The van der Waals surface area contributed by atoms with Crippen molar-refractivity contribution < 1.29 is 14.2 Å². The molecule has 1 amide bonds.